The molecule has 0 saturated heterocycles. The summed E-state index contributed by atoms with van der Waals surface area (Å²) >= 11 is 0. The predicted molar refractivity (Wildman–Crippen MR) is 48.2 cm³/mol. The Balaban J connectivity index is 2.62. The average Bonchev–Trinajstić information content (AvgIpc) is 2.29. The maximum absolute atomic E-state index is 11.3. The molecule has 0 radical (unpaired) electrons. The minimum Gasteiger partial charge on any atom is -0.325 e. The van der Waals surface area contributed by atoms with Crippen LogP contribution in [-0.4, -0.2) is 5.91 Å². The van der Waals surface area contributed by atoms with Crippen molar-refractivity contribution >= 4 is 11.6 Å². The average molecular weight is 161 g/mol. The van der Waals surface area contributed by atoms with Crippen LogP contribution in [0.1, 0.15) is 24.0 Å². The van der Waals surface area contributed by atoms with Gasteiger partial charge in [-0.1, -0.05) is 12.1 Å². The van der Waals surface area contributed by atoms with Gasteiger partial charge in [0.25, 0.3) is 0 Å². The highest BCUT2D eigenvalue weighted by molar-refractivity contribution is 6.03. The summed E-state index contributed by atoms with van der Waals surface area (Å²) in [6.45, 7) is 3.98. The lowest BCUT2D eigenvalue weighted by atomic mass is 9.98. The molecule has 1 N–H and O–H groups in total. The second-order valence-corrected chi connectivity index (χ2v) is 3.25. The Hall–Kier alpha value is -1.31. The summed E-state index contributed by atoms with van der Waals surface area (Å²) in [5, 5.41) is 2.85. The third kappa shape index (κ3) is 0.843. The van der Waals surface area contributed by atoms with Crippen molar-refractivity contribution in [1.82, 2.24) is 0 Å². The molecule has 2 heteroatoms. The van der Waals surface area contributed by atoms with Crippen LogP contribution in [0.5, 0.6) is 0 Å². The predicted octanol–water partition coefficient (Wildman–Crippen LogP) is 2.05. The highest BCUT2D eigenvalue weighted by Gasteiger charge is 2.27. The SMILES string of the molecule is Cc1cccc2c1C(C)C(=O)N2. The Bertz CT molecular complexity index is 344. The Kier molecular flexibility index (Phi) is 1.43. The molecule has 0 spiro atoms. The summed E-state index contributed by atoms with van der Waals surface area (Å²) in [5.41, 5.74) is 3.33. The number of aryl methyl sites for hydroxylation is 1. The first-order valence-electron chi connectivity index (χ1n) is 4.10. The molecule has 1 amide bonds. The summed E-state index contributed by atoms with van der Waals surface area (Å²) in [6, 6.07) is 5.95. The van der Waals surface area contributed by atoms with E-state index in [0.717, 1.165) is 11.3 Å². The third-order valence-corrected chi connectivity index (χ3v) is 2.41. The van der Waals surface area contributed by atoms with Gasteiger partial charge in [0.15, 0.2) is 0 Å². The van der Waals surface area contributed by atoms with E-state index in [9.17, 15) is 4.79 Å². The number of anilines is 1. The molecule has 0 saturated carbocycles. The monoisotopic (exact) mass is 161 g/mol. The zero-order valence-electron chi connectivity index (χ0n) is 7.22. The summed E-state index contributed by atoms with van der Waals surface area (Å²) in [4.78, 5) is 11.3. The first-order valence-corrected chi connectivity index (χ1v) is 4.10. The van der Waals surface area contributed by atoms with Crippen molar-refractivity contribution in [3.8, 4) is 0 Å². The number of amides is 1. The molecule has 0 aromatic heterocycles. The largest absolute Gasteiger partial charge is 0.325 e. The second kappa shape index (κ2) is 2.34. The molecule has 62 valence electrons. The van der Waals surface area contributed by atoms with Crippen LogP contribution < -0.4 is 5.32 Å². The molecule has 1 aliphatic heterocycles. The number of hydrogen-bond acceptors (Lipinski definition) is 1. The minimum atomic E-state index is 0.0150. The summed E-state index contributed by atoms with van der Waals surface area (Å²) < 4.78 is 0. The molecule has 12 heavy (non-hydrogen) atoms. The number of benzene rings is 1. The molecule has 1 aromatic rings. The number of fused-ring (bicyclic) bond motifs is 1. The van der Waals surface area contributed by atoms with Gasteiger partial charge in [-0.25, -0.2) is 0 Å². The van der Waals surface area contributed by atoms with Crippen LogP contribution in [0.2, 0.25) is 0 Å². The van der Waals surface area contributed by atoms with E-state index in [-0.39, 0.29) is 11.8 Å². The molecular weight excluding hydrogens is 150 g/mol. The quantitative estimate of drug-likeness (QED) is 0.620. The molecule has 1 atom stereocenters. The molecule has 1 aromatic carbocycles. The van der Waals surface area contributed by atoms with Crippen molar-refractivity contribution in [1.29, 1.82) is 0 Å². The van der Waals surface area contributed by atoms with Crippen LogP contribution in [0.25, 0.3) is 0 Å². The van der Waals surface area contributed by atoms with E-state index in [2.05, 4.69) is 5.32 Å². The summed E-state index contributed by atoms with van der Waals surface area (Å²) in [5.74, 6) is 0.125. The van der Waals surface area contributed by atoms with E-state index in [0.29, 0.717) is 0 Å². The first kappa shape index (κ1) is 7.35. The van der Waals surface area contributed by atoms with Crippen LogP contribution in [0.3, 0.4) is 0 Å². The zero-order chi connectivity index (χ0) is 8.72. The van der Waals surface area contributed by atoms with Crippen molar-refractivity contribution in [2.24, 2.45) is 0 Å². The summed E-state index contributed by atoms with van der Waals surface area (Å²) in [7, 11) is 0. The Morgan fingerprint density at radius 3 is 2.83 bits per heavy atom. The van der Waals surface area contributed by atoms with Crippen molar-refractivity contribution in [2.45, 2.75) is 19.8 Å². The molecule has 2 rings (SSSR count). The van der Waals surface area contributed by atoms with Crippen molar-refractivity contribution in [2.75, 3.05) is 5.32 Å². The third-order valence-electron chi connectivity index (χ3n) is 2.41. The van der Waals surface area contributed by atoms with Crippen molar-refractivity contribution in [3.63, 3.8) is 0 Å². The van der Waals surface area contributed by atoms with Gasteiger partial charge >= 0.3 is 0 Å². The maximum Gasteiger partial charge on any atom is 0.231 e. The lowest BCUT2D eigenvalue weighted by molar-refractivity contribution is -0.116. The van der Waals surface area contributed by atoms with Gasteiger partial charge in [-0.3, -0.25) is 4.79 Å². The molecule has 1 aliphatic rings. The molecule has 0 aliphatic carbocycles. The fourth-order valence-electron chi connectivity index (χ4n) is 1.74. The fourth-order valence-corrected chi connectivity index (χ4v) is 1.74. The maximum atomic E-state index is 11.3. The van der Waals surface area contributed by atoms with Crippen LogP contribution in [-0.2, 0) is 4.79 Å². The Morgan fingerprint density at radius 1 is 1.42 bits per heavy atom. The van der Waals surface area contributed by atoms with Gasteiger partial charge < -0.3 is 5.32 Å². The molecular formula is C10H11NO. The topological polar surface area (TPSA) is 29.1 Å². The minimum absolute atomic E-state index is 0.0150. The van der Waals surface area contributed by atoms with E-state index in [1.54, 1.807) is 0 Å². The summed E-state index contributed by atoms with van der Waals surface area (Å²) in [6.07, 6.45) is 0. The number of carbonyl (C=O) groups is 1. The van der Waals surface area contributed by atoms with Gasteiger partial charge in [0.05, 0.1) is 5.92 Å². The van der Waals surface area contributed by atoms with Gasteiger partial charge in [0.1, 0.15) is 0 Å². The molecule has 2 nitrogen and oxygen atoms in total. The van der Waals surface area contributed by atoms with Gasteiger partial charge in [-0.15, -0.1) is 0 Å². The highest BCUT2D eigenvalue weighted by atomic mass is 16.2. The van der Waals surface area contributed by atoms with Crippen LogP contribution >= 0.6 is 0 Å². The lowest BCUT2D eigenvalue weighted by Gasteiger charge is -2.03. The van der Waals surface area contributed by atoms with Gasteiger partial charge in [-0.05, 0) is 31.0 Å². The first-order chi connectivity index (χ1) is 5.70. The Morgan fingerprint density at radius 2 is 2.17 bits per heavy atom. The second-order valence-electron chi connectivity index (χ2n) is 3.25. The Labute approximate surface area is 71.6 Å². The van der Waals surface area contributed by atoms with E-state index >= 15 is 0 Å². The standard InChI is InChI=1S/C10H11NO/c1-6-4-3-5-8-9(6)7(2)10(12)11-8/h3-5,7H,1-2H3,(H,11,12). The van der Waals surface area contributed by atoms with Crippen molar-refractivity contribution < 1.29 is 4.79 Å². The zero-order valence-corrected chi connectivity index (χ0v) is 7.22. The normalized spacial score (nSPS) is 20.5. The van der Waals surface area contributed by atoms with Gasteiger partial charge in [0, 0.05) is 5.69 Å². The van der Waals surface area contributed by atoms with Crippen LogP contribution in [0.15, 0.2) is 18.2 Å². The van der Waals surface area contributed by atoms with E-state index in [4.69, 9.17) is 0 Å². The van der Waals surface area contributed by atoms with E-state index < -0.39 is 0 Å². The van der Waals surface area contributed by atoms with Gasteiger partial charge in [0.2, 0.25) is 5.91 Å². The van der Waals surface area contributed by atoms with Crippen molar-refractivity contribution in [3.05, 3.63) is 29.3 Å². The lowest BCUT2D eigenvalue weighted by Crippen LogP contribution is -2.08. The molecule has 1 unspecified atom stereocenters. The number of nitrogens with one attached hydrogen (secondary N) is 1. The molecule has 0 fully saturated rings. The van der Waals surface area contributed by atoms with Crippen LogP contribution in [0, 0.1) is 6.92 Å². The van der Waals surface area contributed by atoms with E-state index in [1.807, 2.05) is 32.0 Å². The number of rotatable bonds is 0. The number of hydrogen-bond donors (Lipinski definition) is 1. The number of carbonyl (C=O) groups excluding carboxylic acids is 1. The fraction of sp³-hybridized carbons (Fsp3) is 0.300. The van der Waals surface area contributed by atoms with Gasteiger partial charge in [-0.2, -0.15) is 0 Å². The highest BCUT2D eigenvalue weighted by Crippen LogP contribution is 2.33. The smallest absolute Gasteiger partial charge is 0.231 e. The van der Waals surface area contributed by atoms with Crippen LogP contribution in [0.4, 0.5) is 5.69 Å². The molecule has 0 bridgehead atoms. The van der Waals surface area contributed by atoms with E-state index in [1.165, 1.54) is 5.56 Å². The molecule has 1 heterocycles.